The molecule has 1 heterocycles. The molecule has 0 spiro atoms. The summed E-state index contributed by atoms with van der Waals surface area (Å²) in [5, 5.41) is 12.4. The van der Waals surface area contributed by atoms with E-state index in [1.165, 1.54) is 5.56 Å². The maximum atomic E-state index is 12.5. The van der Waals surface area contributed by atoms with Crippen LogP contribution in [0, 0.1) is 5.41 Å². The predicted molar refractivity (Wildman–Crippen MR) is 93.8 cm³/mol. The number of carbonyl (C=O) groups is 2. The number of aliphatic carboxylic acids is 1. The zero-order valence-electron chi connectivity index (χ0n) is 15.0. The summed E-state index contributed by atoms with van der Waals surface area (Å²) >= 11 is 0. The molecule has 1 aliphatic heterocycles. The fourth-order valence-corrected chi connectivity index (χ4v) is 3.13. The number of amides is 1. The van der Waals surface area contributed by atoms with Crippen LogP contribution in [0.5, 0.6) is 0 Å². The molecular formula is C19H28N2O3. The molecule has 5 nitrogen and oxygen atoms in total. The van der Waals surface area contributed by atoms with Gasteiger partial charge < -0.3 is 10.4 Å². The Morgan fingerprint density at radius 1 is 1.29 bits per heavy atom. The molecule has 0 radical (unpaired) electrons. The first kappa shape index (κ1) is 18.5. The van der Waals surface area contributed by atoms with Gasteiger partial charge in [-0.2, -0.15) is 0 Å². The minimum Gasteiger partial charge on any atom is -0.481 e. The van der Waals surface area contributed by atoms with Crippen molar-refractivity contribution in [3.05, 3.63) is 35.4 Å². The van der Waals surface area contributed by atoms with E-state index in [1.54, 1.807) is 6.92 Å². The SMILES string of the molecule is CCc1ccc(C(C)NC(=O)C(C)N2CCC(C)(C(=O)O)C2)cc1. The number of hydrogen-bond acceptors (Lipinski definition) is 3. The minimum absolute atomic E-state index is 0.0586. The van der Waals surface area contributed by atoms with E-state index in [2.05, 4.69) is 24.4 Å². The maximum Gasteiger partial charge on any atom is 0.310 e. The number of rotatable bonds is 6. The molecule has 1 aromatic carbocycles. The Morgan fingerprint density at radius 2 is 1.92 bits per heavy atom. The number of benzene rings is 1. The van der Waals surface area contributed by atoms with Crippen molar-refractivity contribution in [2.45, 2.75) is 52.6 Å². The van der Waals surface area contributed by atoms with Crippen LogP contribution in [-0.2, 0) is 16.0 Å². The van der Waals surface area contributed by atoms with Crippen molar-refractivity contribution in [1.29, 1.82) is 0 Å². The maximum absolute atomic E-state index is 12.5. The third-order valence-electron chi connectivity index (χ3n) is 5.19. The van der Waals surface area contributed by atoms with Crippen LogP contribution in [0.2, 0.25) is 0 Å². The second kappa shape index (κ2) is 7.34. The van der Waals surface area contributed by atoms with Gasteiger partial charge in [0, 0.05) is 13.1 Å². The van der Waals surface area contributed by atoms with E-state index in [0.29, 0.717) is 19.5 Å². The molecule has 0 bridgehead atoms. The van der Waals surface area contributed by atoms with E-state index in [1.807, 2.05) is 30.9 Å². The molecule has 132 valence electrons. The predicted octanol–water partition coefficient (Wildman–Crippen LogP) is 2.61. The van der Waals surface area contributed by atoms with Crippen molar-refractivity contribution in [1.82, 2.24) is 10.2 Å². The normalized spacial score (nSPS) is 23.7. The molecule has 2 rings (SSSR count). The lowest BCUT2D eigenvalue weighted by Crippen LogP contribution is -2.46. The highest BCUT2D eigenvalue weighted by Crippen LogP contribution is 2.31. The summed E-state index contributed by atoms with van der Waals surface area (Å²) in [5.74, 6) is -0.848. The van der Waals surface area contributed by atoms with Crippen molar-refractivity contribution in [3.63, 3.8) is 0 Å². The van der Waals surface area contributed by atoms with Gasteiger partial charge in [0.2, 0.25) is 5.91 Å². The Hall–Kier alpha value is -1.88. The monoisotopic (exact) mass is 332 g/mol. The Bertz CT molecular complexity index is 599. The van der Waals surface area contributed by atoms with Gasteiger partial charge in [0.05, 0.1) is 17.5 Å². The Kier molecular flexibility index (Phi) is 5.65. The number of hydrogen-bond donors (Lipinski definition) is 2. The van der Waals surface area contributed by atoms with E-state index in [-0.39, 0.29) is 18.0 Å². The van der Waals surface area contributed by atoms with Crippen LogP contribution >= 0.6 is 0 Å². The molecule has 1 amide bonds. The number of nitrogens with one attached hydrogen (secondary N) is 1. The summed E-state index contributed by atoms with van der Waals surface area (Å²) in [4.78, 5) is 25.8. The molecule has 24 heavy (non-hydrogen) atoms. The molecule has 2 N–H and O–H groups in total. The highest BCUT2D eigenvalue weighted by molar-refractivity contribution is 5.82. The molecule has 0 aromatic heterocycles. The molecule has 3 atom stereocenters. The summed E-state index contributed by atoms with van der Waals surface area (Å²) in [5.41, 5.74) is 1.59. The van der Waals surface area contributed by atoms with Gasteiger partial charge in [-0.3, -0.25) is 14.5 Å². The van der Waals surface area contributed by atoms with Crippen LogP contribution < -0.4 is 5.32 Å². The van der Waals surface area contributed by atoms with Crippen molar-refractivity contribution in [3.8, 4) is 0 Å². The lowest BCUT2D eigenvalue weighted by molar-refractivity contribution is -0.147. The highest BCUT2D eigenvalue weighted by atomic mass is 16.4. The number of carbonyl (C=O) groups excluding carboxylic acids is 1. The number of carboxylic acid groups (broad SMARTS) is 1. The summed E-state index contributed by atoms with van der Waals surface area (Å²) < 4.78 is 0. The average molecular weight is 332 g/mol. The number of likely N-dealkylation sites (tertiary alicyclic amines) is 1. The van der Waals surface area contributed by atoms with Gasteiger partial charge >= 0.3 is 5.97 Å². The van der Waals surface area contributed by atoms with E-state index in [0.717, 1.165) is 12.0 Å². The lowest BCUT2D eigenvalue weighted by Gasteiger charge is -2.26. The average Bonchev–Trinajstić information content (AvgIpc) is 2.98. The van der Waals surface area contributed by atoms with Gasteiger partial charge in [0.25, 0.3) is 0 Å². The van der Waals surface area contributed by atoms with E-state index < -0.39 is 11.4 Å². The molecule has 0 aliphatic carbocycles. The standard InChI is InChI=1S/C19H28N2O3/c1-5-15-6-8-16(9-7-15)13(2)20-17(22)14(3)21-11-10-19(4,12-21)18(23)24/h6-9,13-14H,5,10-12H2,1-4H3,(H,20,22)(H,23,24). The highest BCUT2D eigenvalue weighted by Gasteiger charge is 2.42. The lowest BCUT2D eigenvalue weighted by atomic mass is 9.90. The van der Waals surface area contributed by atoms with Crippen molar-refractivity contribution in [2.24, 2.45) is 5.41 Å². The molecule has 1 fully saturated rings. The molecular weight excluding hydrogens is 304 g/mol. The zero-order valence-corrected chi connectivity index (χ0v) is 15.0. The number of aryl methyl sites for hydroxylation is 1. The van der Waals surface area contributed by atoms with E-state index >= 15 is 0 Å². The summed E-state index contributed by atoms with van der Waals surface area (Å²) in [6.07, 6.45) is 1.57. The molecule has 3 unspecified atom stereocenters. The largest absolute Gasteiger partial charge is 0.481 e. The van der Waals surface area contributed by atoms with Crippen LogP contribution in [0.3, 0.4) is 0 Å². The van der Waals surface area contributed by atoms with Crippen LogP contribution in [0.1, 0.15) is 51.3 Å². The van der Waals surface area contributed by atoms with Crippen LogP contribution in [0.15, 0.2) is 24.3 Å². The number of carboxylic acids is 1. The summed E-state index contributed by atoms with van der Waals surface area (Å²) in [6.45, 7) is 8.72. The fourth-order valence-electron chi connectivity index (χ4n) is 3.13. The van der Waals surface area contributed by atoms with Crippen LogP contribution in [0.25, 0.3) is 0 Å². The van der Waals surface area contributed by atoms with Gasteiger partial charge in [-0.25, -0.2) is 0 Å². The van der Waals surface area contributed by atoms with Crippen molar-refractivity contribution < 1.29 is 14.7 Å². The zero-order chi connectivity index (χ0) is 17.9. The van der Waals surface area contributed by atoms with Gasteiger partial charge in [-0.15, -0.1) is 0 Å². The Balaban J connectivity index is 1.95. The quantitative estimate of drug-likeness (QED) is 0.840. The van der Waals surface area contributed by atoms with Gasteiger partial charge in [0.1, 0.15) is 0 Å². The fraction of sp³-hybridized carbons (Fsp3) is 0.579. The smallest absolute Gasteiger partial charge is 0.310 e. The molecule has 5 heteroatoms. The third-order valence-corrected chi connectivity index (χ3v) is 5.19. The summed E-state index contributed by atoms with van der Waals surface area (Å²) in [6, 6.07) is 7.86. The van der Waals surface area contributed by atoms with Crippen LogP contribution in [-0.4, -0.2) is 41.0 Å². The van der Waals surface area contributed by atoms with Crippen molar-refractivity contribution in [2.75, 3.05) is 13.1 Å². The Labute approximate surface area is 144 Å². The molecule has 1 aliphatic rings. The minimum atomic E-state index is -0.790. The first-order valence-electron chi connectivity index (χ1n) is 8.63. The van der Waals surface area contributed by atoms with E-state index in [4.69, 9.17) is 0 Å². The molecule has 1 aromatic rings. The van der Waals surface area contributed by atoms with Gasteiger partial charge in [0.15, 0.2) is 0 Å². The second-order valence-electron chi connectivity index (χ2n) is 7.09. The van der Waals surface area contributed by atoms with Crippen molar-refractivity contribution >= 4 is 11.9 Å². The summed E-state index contributed by atoms with van der Waals surface area (Å²) in [7, 11) is 0. The second-order valence-corrected chi connectivity index (χ2v) is 7.09. The topological polar surface area (TPSA) is 69.6 Å². The van der Waals surface area contributed by atoms with Crippen LogP contribution in [0.4, 0.5) is 0 Å². The first-order chi connectivity index (χ1) is 11.3. The number of nitrogens with zero attached hydrogens (tertiary/aromatic N) is 1. The third kappa shape index (κ3) is 3.96. The molecule has 0 saturated carbocycles. The molecule has 1 saturated heterocycles. The van der Waals surface area contributed by atoms with Gasteiger partial charge in [-0.05, 0) is 44.7 Å². The Morgan fingerprint density at radius 3 is 2.42 bits per heavy atom. The first-order valence-corrected chi connectivity index (χ1v) is 8.63. The van der Waals surface area contributed by atoms with Gasteiger partial charge in [-0.1, -0.05) is 31.2 Å². The van der Waals surface area contributed by atoms with E-state index in [9.17, 15) is 14.7 Å².